The molecule has 0 aliphatic carbocycles. The normalized spacial score (nSPS) is 8.60. The monoisotopic (exact) mass is 141 g/mol. The molecule has 0 aromatic carbocycles. The zero-order valence-corrected chi connectivity index (χ0v) is 6.22. The van der Waals surface area contributed by atoms with Gasteiger partial charge in [0.2, 0.25) is 5.91 Å². The van der Waals surface area contributed by atoms with Gasteiger partial charge < -0.3 is 5.11 Å². The lowest BCUT2D eigenvalue weighted by molar-refractivity contribution is -0.126. The fraction of sp³-hybridized carbons (Fsp3) is 0.286. The third kappa shape index (κ3) is 1.93. The number of carbonyl (C=O) groups excluding carboxylic acids is 1. The Morgan fingerprint density at radius 2 is 1.80 bits per heavy atom. The van der Waals surface area contributed by atoms with Crippen LogP contribution in [0.3, 0.4) is 0 Å². The number of aliphatic hydroxyl groups excluding tert-OH is 1. The predicted molar refractivity (Wildman–Crippen MR) is 39.1 cm³/mol. The van der Waals surface area contributed by atoms with E-state index in [1.807, 2.05) is 0 Å². The lowest BCUT2D eigenvalue weighted by atomic mass is 10.4. The Hall–Kier alpha value is -1.25. The van der Waals surface area contributed by atoms with Crippen molar-refractivity contribution in [2.45, 2.75) is 13.8 Å². The minimum atomic E-state index is -0.292. The average molecular weight is 141 g/mol. The Balaban J connectivity index is 4.43. The van der Waals surface area contributed by atoms with Gasteiger partial charge in [-0.2, -0.15) is 0 Å². The largest absolute Gasteiger partial charge is 0.495 e. The van der Waals surface area contributed by atoms with Crippen LogP contribution in [-0.2, 0) is 4.79 Å². The molecule has 0 rings (SSSR count). The highest BCUT2D eigenvalue weighted by atomic mass is 16.3. The van der Waals surface area contributed by atoms with Crippen molar-refractivity contribution in [2.75, 3.05) is 0 Å². The van der Waals surface area contributed by atoms with Gasteiger partial charge in [-0.05, 0) is 13.5 Å². The molecule has 0 aliphatic rings. The van der Waals surface area contributed by atoms with Crippen molar-refractivity contribution in [1.29, 1.82) is 0 Å². The van der Waals surface area contributed by atoms with E-state index in [2.05, 4.69) is 13.2 Å². The second-order valence-electron chi connectivity index (χ2n) is 2.01. The van der Waals surface area contributed by atoms with Crippen molar-refractivity contribution in [3.8, 4) is 0 Å². The third-order valence-corrected chi connectivity index (χ3v) is 0.955. The van der Waals surface area contributed by atoms with Gasteiger partial charge in [-0.25, -0.2) is 0 Å². The van der Waals surface area contributed by atoms with E-state index in [9.17, 15) is 4.79 Å². The van der Waals surface area contributed by atoms with Gasteiger partial charge >= 0.3 is 0 Å². The molecule has 0 fully saturated rings. The number of carbonyl (C=O) groups is 1. The van der Waals surface area contributed by atoms with Crippen LogP contribution in [0.15, 0.2) is 24.7 Å². The fourth-order valence-electron chi connectivity index (χ4n) is 0.671. The first kappa shape index (κ1) is 8.75. The summed E-state index contributed by atoms with van der Waals surface area (Å²) in [6, 6.07) is 0. The maximum atomic E-state index is 10.7. The molecule has 0 radical (unpaired) electrons. The van der Waals surface area contributed by atoms with Crippen molar-refractivity contribution in [2.24, 2.45) is 0 Å². The maximum Gasteiger partial charge on any atom is 0.230 e. The molecule has 0 bridgehead atoms. The summed E-state index contributed by atoms with van der Waals surface area (Å²) in [6.45, 7) is 9.62. The van der Waals surface area contributed by atoms with Gasteiger partial charge in [-0.3, -0.25) is 9.69 Å². The molecule has 1 N–H and O–H groups in total. The summed E-state index contributed by atoms with van der Waals surface area (Å²) in [5.41, 5.74) is 0.458. The molecule has 3 heteroatoms. The first-order valence-corrected chi connectivity index (χ1v) is 2.81. The lowest BCUT2D eigenvalue weighted by Crippen LogP contribution is -2.24. The lowest BCUT2D eigenvalue weighted by Gasteiger charge is -2.17. The minimum absolute atomic E-state index is 0.292. The summed E-state index contributed by atoms with van der Waals surface area (Å²) < 4.78 is 0. The van der Waals surface area contributed by atoms with Crippen LogP contribution in [0.4, 0.5) is 0 Å². The first-order chi connectivity index (χ1) is 4.46. The Labute approximate surface area is 60.3 Å². The van der Waals surface area contributed by atoms with Crippen molar-refractivity contribution < 1.29 is 9.90 Å². The molecule has 0 heterocycles. The van der Waals surface area contributed by atoms with E-state index >= 15 is 0 Å². The summed E-state index contributed by atoms with van der Waals surface area (Å²) in [4.78, 5) is 11.7. The summed E-state index contributed by atoms with van der Waals surface area (Å²) >= 11 is 0. The second-order valence-corrected chi connectivity index (χ2v) is 2.01. The van der Waals surface area contributed by atoms with Crippen LogP contribution in [0.25, 0.3) is 0 Å². The second kappa shape index (κ2) is 3.06. The number of hydrogen-bond acceptors (Lipinski definition) is 2. The van der Waals surface area contributed by atoms with Crippen molar-refractivity contribution in [3.63, 3.8) is 0 Å². The SMILES string of the molecule is C=C(C)N(C(=C)O)C(C)=O. The van der Waals surface area contributed by atoms with E-state index in [-0.39, 0.29) is 11.8 Å². The van der Waals surface area contributed by atoms with Gasteiger partial charge in [0.25, 0.3) is 0 Å². The highest BCUT2D eigenvalue weighted by Gasteiger charge is 2.10. The number of allylic oxidation sites excluding steroid dienone is 1. The van der Waals surface area contributed by atoms with E-state index in [1.165, 1.54) is 6.92 Å². The fourth-order valence-corrected chi connectivity index (χ4v) is 0.671. The van der Waals surface area contributed by atoms with E-state index in [0.29, 0.717) is 5.70 Å². The Morgan fingerprint density at radius 3 is 1.80 bits per heavy atom. The van der Waals surface area contributed by atoms with Crippen LogP contribution in [0.5, 0.6) is 0 Å². The Bertz CT molecular complexity index is 151. The molecule has 0 aliphatic heterocycles. The molecule has 10 heavy (non-hydrogen) atoms. The number of nitrogens with zero attached hydrogens (tertiary/aromatic N) is 1. The molecule has 0 atom stereocenters. The van der Waals surface area contributed by atoms with Gasteiger partial charge in [0, 0.05) is 12.6 Å². The molecule has 1 amide bonds. The van der Waals surface area contributed by atoms with Gasteiger partial charge in [-0.1, -0.05) is 6.58 Å². The summed E-state index contributed by atoms with van der Waals surface area (Å²) in [7, 11) is 0. The molecule has 3 nitrogen and oxygen atoms in total. The molecular formula is C7H11NO2. The highest BCUT2D eigenvalue weighted by molar-refractivity contribution is 5.76. The van der Waals surface area contributed by atoms with Crippen LogP contribution in [0.2, 0.25) is 0 Å². The zero-order chi connectivity index (χ0) is 8.31. The maximum absolute atomic E-state index is 10.7. The standard InChI is InChI=1S/C7H11NO2/c1-5(2)8(6(3)9)7(4)10/h9H,1,3H2,2,4H3. The van der Waals surface area contributed by atoms with Gasteiger partial charge in [0.1, 0.15) is 0 Å². The van der Waals surface area contributed by atoms with E-state index in [4.69, 9.17) is 5.11 Å². The topological polar surface area (TPSA) is 40.5 Å². The molecule has 0 spiro atoms. The number of amides is 1. The van der Waals surface area contributed by atoms with Crippen LogP contribution in [0, 0.1) is 0 Å². The van der Waals surface area contributed by atoms with Gasteiger partial charge in [0.05, 0.1) is 0 Å². The predicted octanol–water partition coefficient (Wildman–Crippen LogP) is 1.40. The number of hydrogen-bond donors (Lipinski definition) is 1. The first-order valence-electron chi connectivity index (χ1n) is 2.81. The summed E-state index contributed by atoms with van der Waals surface area (Å²) in [5.74, 6) is -0.583. The van der Waals surface area contributed by atoms with Crippen LogP contribution in [-0.4, -0.2) is 15.9 Å². The van der Waals surface area contributed by atoms with E-state index in [0.717, 1.165) is 4.90 Å². The van der Waals surface area contributed by atoms with E-state index in [1.54, 1.807) is 6.92 Å². The molecular weight excluding hydrogens is 130 g/mol. The van der Waals surface area contributed by atoms with Crippen LogP contribution in [0.1, 0.15) is 13.8 Å². The number of aliphatic hydroxyl groups is 1. The molecule has 0 aromatic rings. The highest BCUT2D eigenvalue weighted by Crippen LogP contribution is 2.05. The molecule has 0 aromatic heterocycles. The molecule has 0 saturated carbocycles. The van der Waals surface area contributed by atoms with Crippen LogP contribution >= 0.6 is 0 Å². The Morgan fingerprint density at radius 1 is 1.40 bits per heavy atom. The minimum Gasteiger partial charge on any atom is -0.495 e. The molecule has 0 unspecified atom stereocenters. The smallest absolute Gasteiger partial charge is 0.230 e. The summed E-state index contributed by atoms with van der Waals surface area (Å²) in [6.07, 6.45) is 0. The zero-order valence-electron chi connectivity index (χ0n) is 6.22. The Kier molecular flexibility index (Phi) is 2.67. The van der Waals surface area contributed by atoms with Crippen LogP contribution < -0.4 is 0 Å². The van der Waals surface area contributed by atoms with Gasteiger partial charge in [0.15, 0.2) is 5.88 Å². The average Bonchev–Trinajstić information content (AvgIpc) is 1.59. The van der Waals surface area contributed by atoms with Gasteiger partial charge in [-0.15, -0.1) is 0 Å². The molecule has 56 valence electrons. The van der Waals surface area contributed by atoms with E-state index < -0.39 is 0 Å². The third-order valence-electron chi connectivity index (χ3n) is 0.955. The number of rotatable bonds is 2. The van der Waals surface area contributed by atoms with Crippen molar-refractivity contribution in [3.05, 3.63) is 24.7 Å². The quantitative estimate of drug-likeness (QED) is 0.590. The van der Waals surface area contributed by atoms with Crippen molar-refractivity contribution >= 4 is 5.91 Å². The summed E-state index contributed by atoms with van der Waals surface area (Å²) in [5, 5.41) is 8.80. The van der Waals surface area contributed by atoms with Crippen molar-refractivity contribution in [1.82, 2.24) is 4.90 Å². The molecule has 0 saturated heterocycles.